The van der Waals surface area contributed by atoms with Gasteiger partial charge in [0.1, 0.15) is 0 Å². The lowest BCUT2D eigenvalue weighted by atomic mass is 10.1. The molecule has 0 unspecified atom stereocenters. The molecular formula is C21H41IO2Si. The van der Waals surface area contributed by atoms with Gasteiger partial charge in [-0.05, 0) is 65.1 Å². The Morgan fingerprint density at radius 3 is 2.08 bits per heavy atom. The molecule has 2 nitrogen and oxygen atoms in total. The normalized spacial score (nSPS) is 17.2. The minimum Gasteiger partial charge on any atom is -0.391 e. The SMILES string of the molecule is CC[C@@](C)(I)[C@H](OC/C=C(\C)CCC=C(C)C)O[Si](C)(C)C(C)(C)C. The van der Waals surface area contributed by atoms with Crippen LogP contribution < -0.4 is 0 Å². The van der Waals surface area contributed by atoms with Crippen LogP contribution in [0.15, 0.2) is 23.3 Å². The Hall–Kier alpha value is 0.347. The van der Waals surface area contributed by atoms with Crippen molar-refractivity contribution in [3.8, 4) is 0 Å². The maximum Gasteiger partial charge on any atom is 0.195 e. The van der Waals surface area contributed by atoms with Gasteiger partial charge in [0.2, 0.25) is 0 Å². The van der Waals surface area contributed by atoms with Crippen molar-refractivity contribution >= 4 is 30.9 Å². The van der Waals surface area contributed by atoms with Crippen molar-refractivity contribution in [2.24, 2.45) is 0 Å². The minimum atomic E-state index is -1.86. The third-order valence-corrected chi connectivity index (χ3v) is 10.8. The van der Waals surface area contributed by atoms with Crippen LogP contribution in [0.5, 0.6) is 0 Å². The lowest BCUT2D eigenvalue weighted by molar-refractivity contribution is -0.0953. The highest BCUT2D eigenvalue weighted by Crippen LogP contribution is 2.40. The molecule has 0 aliphatic rings. The van der Waals surface area contributed by atoms with Crippen LogP contribution in [0.25, 0.3) is 0 Å². The van der Waals surface area contributed by atoms with E-state index in [0.29, 0.717) is 6.61 Å². The summed E-state index contributed by atoms with van der Waals surface area (Å²) in [5.74, 6) is 0. The molecule has 25 heavy (non-hydrogen) atoms. The van der Waals surface area contributed by atoms with E-state index in [0.717, 1.165) is 19.3 Å². The van der Waals surface area contributed by atoms with Gasteiger partial charge in [0.15, 0.2) is 14.6 Å². The quantitative estimate of drug-likeness (QED) is 0.105. The van der Waals surface area contributed by atoms with Crippen molar-refractivity contribution in [2.45, 2.75) is 102 Å². The summed E-state index contributed by atoms with van der Waals surface area (Å²) in [5.41, 5.74) is 2.77. The highest BCUT2D eigenvalue weighted by molar-refractivity contribution is 14.1. The van der Waals surface area contributed by atoms with E-state index < -0.39 is 8.32 Å². The second-order valence-corrected chi connectivity index (χ2v) is 16.3. The zero-order valence-electron chi connectivity index (χ0n) is 18.3. The number of rotatable bonds is 10. The van der Waals surface area contributed by atoms with E-state index in [1.165, 1.54) is 11.1 Å². The molecule has 0 spiro atoms. The first-order chi connectivity index (χ1) is 11.2. The second-order valence-electron chi connectivity index (χ2n) is 9.05. The summed E-state index contributed by atoms with van der Waals surface area (Å²) >= 11 is 2.50. The van der Waals surface area contributed by atoms with E-state index in [4.69, 9.17) is 9.16 Å². The molecule has 0 amide bonds. The van der Waals surface area contributed by atoms with Crippen molar-refractivity contribution in [3.63, 3.8) is 0 Å². The largest absolute Gasteiger partial charge is 0.391 e. The Morgan fingerprint density at radius 1 is 1.08 bits per heavy atom. The van der Waals surface area contributed by atoms with Crippen LogP contribution in [0.3, 0.4) is 0 Å². The molecule has 0 N–H and O–H groups in total. The molecular weight excluding hydrogens is 439 g/mol. The maximum absolute atomic E-state index is 6.62. The number of hydrogen-bond acceptors (Lipinski definition) is 2. The van der Waals surface area contributed by atoms with E-state index in [9.17, 15) is 0 Å². The number of hydrogen-bond donors (Lipinski definition) is 0. The summed E-state index contributed by atoms with van der Waals surface area (Å²) in [6.07, 6.45) is 7.56. The molecule has 0 saturated carbocycles. The third kappa shape index (κ3) is 9.73. The fraction of sp³-hybridized carbons (Fsp3) is 0.810. The molecule has 2 atom stereocenters. The standard InChI is InChI=1S/C21H41IO2Si/c1-11-21(8,22)19(24-25(9,10)20(5,6)7)23-16-15-18(4)14-12-13-17(2)3/h13,15,19H,11-12,14,16H2,1-10H3/b18-15+/t19-,21-/m1/s1. The van der Waals surface area contributed by atoms with Crippen LogP contribution in [0.4, 0.5) is 0 Å². The first kappa shape index (κ1) is 25.3. The summed E-state index contributed by atoms with van der Waals surface area (Å²) in [7, 11) is -1.86. The Bertz CT molecular complexity index is 455. The van der Waals surface area contributed by atoms with Crippen molar-refractivity contribution in [2.75, 3.05) is 6.61 Å². The maximum atomic E-state index is 6.62. The van der Waals surface area contributed by atoms with Crippen LogP contribution in [0.1, 0.15) is 74.7 Å². The Kier molecular flexibility index (Phi) is 10.8. The summed E-state index contributed by atoms with van der Waals surface area (Å²) in [6, 6.07) is 0. The molecule has 0 aromatic heterocycles. The lowest BCUT2D eigenvalue weighted by Gasteiger charge is -2.42. The fourth-order valence-electron chi connectivity index (χ4n) is 1.91. The molecule has 4 heteroatoms. The van der Waals surface area contributed by atoms with Gasteiger partial charge < -0.3 is 9.16 Å². The van der Waals surface area contributed by atoms with Gasteiger partial charge in [-0.2, -0.15) is 0 Å². The van der Waals surface area contributed by atoms with Gasteiger partial charge >= 0.3 is 0 Å². The molecule has 0 aliphatic carbocycles. The van der Waals surface area contributed by atoms with Gasteiger partial charge in [-0.15, -0.1) is 0 Å². The van der Waals surface area contributed by atoms with Crippen LogP contribution in [-0.4, -0.2) is 24.6 Å². The average molecular weight is 481 g/mol. The molecule has 0 aliphatic heterocycles. The Balaban J connectivity index is 4.91. The van der Waals surface area contributed by atoms with Gasteiger partial charge in [0.25, 0.3) is 0 Å². The molecule has 0 bridgehead atoms. The van der Waals surface area contributed by atoms with Crippen molar-refractivity contribution in [3.05, 3.63) is 23.3 Å². The number of alkyl halides is 1. The van der Waals surface area contributed by atoms with Gasteiger partial charge in [0, 0.05) is 0 Å². The van der Waals surface area contributed by atoms with Crippen molar-refractivity contribution < 1.29 is 9.16 Å². The topological polar surface area (TPSA) is 18.5 Å². The molecule has 0 aromatic rings. The van der Waals surface area contributed by atoms with E-state index in [1.54, 1.807) is 0 Å². The molecule has 0 saturated heterocycles. The molecule has 0 fully saturated rings. The number of halogens is 1. The highest BCUT2D eigenvalue weighted by Gasteiger charge is 2.43. The minimum absolute atomic E-state index is 0.0168. The summed E-state index contributed by atoms with van der Waals surface area (Å²) in [4.78, 5) is 0. The van der Waals surface area contributed by atoms with Gasteiger partial charge in [-0.1, -0.05) is 73.6 Å². The smallest absolute Gasteiger partial charge is 0.195 e. The van der Waals surface area contributed by atoms with E-state index in [2.05, 4.69) is 103 Å². The van der Waals surface area contributed by atoms with Crippen molar-refractivity contribution in [1.82, 2.24) is 0 Å². The zero-order chi connectivity index (χ0) is 19.9. The third-order valence-electron chi connectivity index (χ3n) is 5.16. The molecule has 0 aromatic carbocycles. The molecule has 0 heterocycles. The first-order valence-electron chi connectivity index (χ1n) is 9.50. The van der Waals surface area contributed by atoms with Gasteiger partial charge in [0.05, 0.1) is 10.0 Å². The van der Waals surface area contributed by atoms with Crippen LogP contribution in [0.2, 0.25) is 18.1 Å². The van der Waals surface area contributed by atoms with E-state index >= 15 is 0 Å². The lowest BCUT2D eigenvalue weighted by Crippen LogP contribution is -2.50. The predicted molar refractivity (Wildman–Crippen MR) is 123 cm³/mol. The number of ether oxygens (including phenoxy) is 1. The predicted octanol–water partition coefficient (Wildman–Crippen LogP) is 7.65. The molecule has 0 rings (SSSR count). The molecule has 0 radical (unpaired) electrons. The second kappa shape index (κ2) is 10.6. The summed E-state index contributed by atoms with van der Waals surface area (Å²) in [6.45, 7) is 23.0. The van der Waals surface area contributed by atoms with Crippen LogP contribution in [-0.2, 0) is 9.16 Å². The van der Waals surface area contributed by atoms with E-state index in [-0.39, 0.29) is 14.8 Å². The average Bonchev–Trinajstić information content (AvgIpc) is 2.44. The number of allylic oxidation sites excluding steroid dienone is 3. The monoisotopic (exact) mass is 480 g/mol. The van der Waals surface area contributed by atoms with Gasteiger partial charge in [-0.3, -0.25) is 0 Å². The van der Waals surface area contributed by atoms with Gasteiger partial charge in [-0.25, -0.2) is 0 Å². The summed E-state index contributed by atoms with van der Waals surface area (Å²) in [5, 5.41) is 0.186. The van der Waals surface area contributed by atoms with Crippen LogP contribution >= 0.6 is 22.6 Å². The highest BCUT2D eigenvalue weighted by atomic mass is 127. The van der Waals surface area contributed by atoms with E-state index in [1.807, 2.05) is 0 Å². The fourth-order valence-corrected chi connectivity index (χ4v) is 3.67. The Morgan fingerprint density at radius 2 is 1.64 bits per heavy atom. The van der Waals surface area contributed by atoms with Crippen molar-refractivity contribution in [1.29, 1.82) is 0 Å². The zero-order valence-corrected chi connectivity index (χ0v) is 21.4. The van der Waals surface area contributed by atoms with Crippen LogP contribution in [0, 0.1) is 0 Å². The molecule has 148 valence electrons. The Labute approximate surface area is 172 Å². The first-order valence-corrected chi connectivity index (χ1v) is 13.5. The summed E-state index contributed by atoms with van der Waals surface area (Å²) < 4.78 is 12.8.